The van der Waals surface area contributed by atoms with Gasteiger partial charge in [-0.15, -0.1) is 0 Å². The van der Waals surface area contributed by atoms with Gasteiger partial charge in [0, 0.05) is 38.5 Å². The normalized spacial score (nSPS) is 15.1. The van der Waals surface area contributed by atoms with Gasteiger partial charge in [0.25, 0.3) is 0 Å². The van der Waals surface area contributed by atoms with Crippen molar-refractivity contribution in [3.05, 3.63) is 77.0 Å². The number of ether oxygens (including phenoxy) is 1. The Labute approximate surface area is 210 Å². The van der Waals surface area contributed by atoms with E-state index < -0.39 is 10.0 Å². The SMILES string of the molecule is CN(c1ccccc1Nc1nc(Cc2ccc(N3CCOCC3)c(F)c2)nc2c1C=CC2)S(C)(=O)=O. The molecule has 1 aliphatic carbocycles. The van der Waals surface area contributed by atoms with Crippen LogP contribution in [-0.2, 0) is 27.6 Å². The highest BCUT2D eigenvalue weighted by Gasteiger charge is 2.20. The molecule has 1 aromatic heterocycles. The van der Waals surface area contributed by atoms with Gasteiger partial charge in [0.15, 0.2) is 0 Å². The Balaban J connectivity index is 1.43. The number of benzene rings is 2. The van der Waals surface area contributed by atoms with Crippen LogP contribution in [0.5, 0.6) is 0 Å². The Morgan fingerprint density at radius 1 is 1.14 bits per heavy atom. The molecule has 0 radical (unpaired) electrons. The molecule has 188 valence electrons. The molecule has 0 atom stereocenters. The lowest BCUT2D eigenvalue weighted by molar-refractivity contribution is 0.122. The summed E-state index contributed by atoms with van der Waals surface area (Å²) < 4.78 is 45.8. The number of aromatic nitrogens is 2. The van der Waals surface area contributed by atoms with Crippen LogP contribution >= 0.6 is 0 Å². The summed E-state index contributed by atoms with van der Waals surface area (Å²) in [6.45, 7) is 2.53. The number of morpholine rings is 1. The third-order valence-electron chi connectivity index (χ3n) is 6.39. The smallest absolute Gasteiger partial charge is 0.232 e. The molecule has 5 rings (SSSR count). The summed E-state index contributed by atoms with van der Waals surface area (Å²) in [4.78, 5) is 11.5. The molecule has 10 heteroatoms. The summed E-state index contributed by atoms with van der Waals surface area (Å²) in [5.41, 5.74) is 4.22. The van der Waals surface area contributed by atoms with Crippen molar-refractivity contribution in [3.8, 4) is 0 Å². The summed E-state index contributed by atoms with van der Waals surface area (Å²) in [6, 6.07) is 12.4. The van der Waals surface area contributed by atoms with E-state index in [0.29, 0.717) is 67.8 Å². The number of anilines is 4. The molecule has 1 saturated heterocycles. The molecule has 0 amide bonds. The maximum Gasteiger partial charge on any atom is 0.232 e. The van der Waals surface area contributed by atoms with Crippen LogP contribution in [0.4, 0.5) is 27.3 Å². The predicted molar refractivity (Wildman–Crippen MR) is 140 cm³/mol. The Bertz CT molecular complexity index is 1420. The van der Waals surface area contributed by atoms with Gasteiger partial charge in [0.2, 0.25) is 10.0 Å². The van der Waals surface area contributed by atoms with Crippen molar-refractivity contribution in [1.29, 1.82) is 0 Å². The standard InChI is InChI=1S/C26H28FN5O3S/c1-31(36(2,33)34)24-9-4-3-7-22(24)29-26-19-6-5-8-21(19)28-25(30-26)17-18-10-11-23(20(27)16-18)32-12-14-35-15-13-32/h3-7,9-11,16H,8,12-15,17H2,1-2H3,(H,28,29,30). The minimum absolute atomic E-state index is 0.270. The minimum Gasteiger partial charge on any atom is -0.378 e. The van der Waals surface area contributed by atoms with E-state index in [4.69, 9.17) is 14.7 Å². The molecular formula is C26H28FN5O3S. The van der Waals surface area contributed by atoms with Gasteiger partial charge >= 0.3 is 0 Å². The fourth-order valence-corrected chi connectivity index (χ4v) is 4.94. The van der Waals surface area contributed by atoms with Gasteiger partial charge in [-0.05, 0) is 29.8 Å². The summed E-state index contributed by atoms with van der Waals surface area (Å²) in [6.07, 6.45) is 6.18. The van der Waals surface area contributed by atoms with Crippen molar-refractivity contribution < 1.29 is 17.5 Å². The molecule has 8 nitrogen and oxygen atoms in total. The predicted octanol–water partition coefficient (Wildman–Crippen LogP) is 3.75. The molecule has 0 saturated carbocycles. The highest BCUT2D eigenvalue weighted by atomic mass is 32.2. The number of nitrogens with one attached hydrogen (secondary N) is 1. The molecule has 1 N–H and O–H groups in total. The number of hydrogen-bond acceptors (Lipinski definition) is 7. The zero-order valence-corrected chi connectivity index (χ0v) is 21.1. The topological polar surface area (TPSA) is 87.7 Å². The maximum atomic E-state index is 14.9. The number of halogens is 1. The van der Waals surface area contributed by atoms with E-state index in [-0.39, 0.29) is 5.82 Å². The molecule has 0 bridgehead atoms. The van der Waals surface area contributed by atoms with Gasteiger partial charge in [0.1, 0.15) is 17.5 Å². The molecule has 1 aliphatic heterocycles. The summed E-state index contributed by atoms with van der Waals surface area (Å²) in [5.74, 6) is 0.879. The van der Waals surface area contributed by atoms with Crippen LogP contribution in [-0.4, -0.2) is 58.0 Å². The molecule has 2 aromatic carbocycles. The van der Waals surface area contributed by atoms with Crippen LogP contribution in [0.25, 0.3) is 6.08 Å². The number of rotatable bonds is 7. The van der Waals surface area contributed by atoms with Crippen molar-refractivity contribution in [3.63, 3.8) is 0 Å². The highest BCUT2D eigenvalue weighted by Crippen LogP contribution is 2.33. The summed E-state index contributed by atoms with van der Waals surface area (Å²) in [5, 5.41) is 3.31. The largest absolute Gasteiger partial charge is 0.378 e. The lowest BCUT2D eigenvalue weighted by Gasteiger charge is -2.29. The quantitative estimate of drug-likeness (QED) is 0.519. The van der Waals surface area contributed by atoms with Crippen molar-refractivity contribution >= 4 is 39.0 Å². The number of sulfonamides is 1. The van der Waals surface area contributed by atoms with E-state index in [1.54, 1.807) is 24.3 Å². The fourth-order valence-electron chi connectivity index (χ4n) is 4.42. The Morgan fingerprint density at radius 3 is 2.67 bits per heavy atom. The van der Waals surface area contributed by atoms with Crippen molar-refractivity contribution in [2.24, 2.45) is 0 Å². The van der Waals surface area contributed by atoms with Crippen LogP contribution in [0.15, 0.2) is 48.5 Å². The number of allylic oxidation sites excluding steroid dienone is 1. The van der Waals surface area contributed by atoms with Crippen LogP contribution in [0, 0.1) is 5.82 Å². The Hall–Kier alpha value is -3.50. The Kier molecular flexibility index (Phi) is 6.63. The van der Waals surface area contributed by atoms with Gasteiger partial charge in [-0.2, -0.15) is 0 Å². The number of hydrogen-bond donors (Lipinski definition) is 1. The van der Waals surface area contributed by atoms with Gasteiger partial charge in [-0.1, -0.05) is 30.4 Å². The zero-order chi connectivity index (χ0) is 25.3. The third kappa shape index (κ3) is 5.05. The zero-order valence-electron chi connectivity index (χ0n) is 20.2. The number of fused-ring (bicyclic) bond motifs is 1. The van der Waals surface area contributed by atoms with E-state index in [1.165, 1.54) is 11.4 Å². The summed E-state index contributed by atoms with van der Waals surface area (Å²) >= 11 is 0. The van der Waals surface area contributed by atoms with Gasteiger partial charge in [0.05, 0.1) is 42.2 Å². The molecule has 0 unspecified atom stereocenters. The van der Waals surface area contributed by atoms with E-state index in [9.17, 15) is 12.8 Å². The molecule has 3 aromatic rings. The second-order valence-corrected chi connectivity index (χ2v) is 10.9. The fraction of sp³-hybridized carbons (Fsp3) is 0.308. The third-order valence-corrected chi connectivity index (χ3v) is 7.58. The second-order valence-electron chi connectivity index (χ2n) is 8.89. The van der Waals surface area contributed by atoms with Crippen LogP contribution in [0.1, 0.15) is 22.6 Å². The van der Waals surface area contributed by atoms with Gasteiger partial charge < -0.3 is 15.0 Å². The van der Waals surface area contributed by atoms with Crippen LogP contribution < -0.4 is 14.5 Å². The molecule has 2 aliphatic rings. The van der Waals surface area contributed by atoms with E-state index in [0.717, 1.165) is 23.1 Å². The molecule has 36 heavy (non-hydrogen) atoms. The first-order chi connectivity index (χ1) is 17.3. The second kappa shape index (κ2) is 9.87. The van der Waals surface area contributed by atoms with Crippen LogP contribution in [0.3, 0.4) is 0 Å². The first-order valence-electron chi connectivity index (χ1n) is 11.8. The number of para-hydroxylation sites is 2. The molecule has 0 spiro atoms. The first-order valence-corrected chi connectivity index (χ1v) is 13.6. The van der Waals surface area contributed by atoms with Gasteiger partial charge in [-0.25, -0.2) is 22.8 Å². The van der Waals surface area contributed by atoms with E-state index in [1.807, 2.05) is 35.3 Å². The van der Waals surface area contributed by atoms with Crippen molar-refractivity contribution in [2.45, 2.75) is 12.8 Å². The summed E-state index contributed by atoms with van der Waals surface area (Å²) in [7, 11) is -1.93. The van der Waals surface area contributed by atoms with E-state index in [2.05, 4.69) is 5.32 Å². The molecule has 1 fully saturated rings. The first kappa shape index (κ1) is 24.2. The average Bonchev–Trinajstić information content (AvgIpc) is 3.33. The van der Waals surface area contributed by atoms with Crippen molar-refractivity contribution in [2.75, 3.05) is 54.1 Å². The lowest BCUT2D eigenvalue weighted by atomic mass is 10.1. The minimum atomic E-state index is -3.45. The maximum absolute atomic E-state index is 14.9. The number of nitrogens with zero attached hydrogens (tertiary/aromatic N) is 4. The highest BCUT2D eigenvalue weighted by molar-refractivity contribution is 7.92. The van der Waals surface area contributed by atoms with E-state index >= 15 is 0 Å². The molecular weight excluding hydrogens is 481 g/mol. The van der Waals surface area contributed by atoms with Crippen LogP contribution in [0.2, 0.25) is 0 Å². The van der Waals surface area contributed by atoms with Crippen molar-refractivity contribution in [1.82, 2.24) is 9.97 Å². The average molecular weight is 510 g/mol. The monoisotopic (exact) mass is 509 g/mol. The lowest BCUT2D eigenvalue weighted by Crippen LogP contribution is -2.36. The molecule has 2 heterocycles. The van der Waals surface area contributed by atoms with Gasteiger partial charge in [-0.3, -0.25) is 4.31 Å². The Morgan fingerprint density at radius 2 is 1.92 bits per heavy atom.